The number of aryl methyl sites for hydroxylation is 2. The average molecular weight is 598 g/mol. The Kier molecular flexibility index (Phi) is 7.78. The normalized spacial score (nSPS) is 11.7. The van der Waals surface area contributed by atoms with Gasteiger partial charge in [0, 0.05) is 23.2 Å². The number of alkyl halides is 3. The molecular formula is C29H26F3N5O4S. The van der Waals surface area contributed by atoms with Crippen molar-refractivity contribution in [3.8, 4) is 16.9 Å². The molecule has 0 saturated carbocycles. The van der Waals surface area contributed by atoms with Crippen LogP contribution in [0.3, 0.4) is 0 Å². The van der Waals surface area contributed by atoms with Crippen LogP contribution in [0.1, 0.15) is 56.8 Å². The van der Waals surface area contributed by atoms with E-state index in [1.165, 1.54) is 12.3 Å². The molecule has 2 amide bonds. The van der Waals surface area contributed by atoms with Gasteiger partial charge in [-0.05, 0) is 61.7 Å². The van der Waals surface area contributed by atoms with Crippen molar-refractivity contribution in [2.75, 3.05) is 5.32 Å². The first kappa shape index (κ1) is 28.9. The predicted molar refractivity (Wildman–Crippen MR) is 152 cm³/mol. The molecule has 0 radical (unpaired) electrons. The molecule has 9 nitrogen and oxygen atoms in total. The van der Waals surface area contributed by atoms with Gasteiger partial charge in [0.2, 0.25) is 0 Å². The highest BCUT2D eigenvalue weighted by Crippen LogP contribution is 2.44. The van der Waals surface area contributed by atoms with Crippen LogP contribution < -0.4 is 15.8 Å². The smallest absolute Gasteiger partial charge is 0.433 e. The Morgan fingerprint density at radius 2 is 1.86 bits per heavy atom. The first-order valence-corrected chi connectivity index (χ1v) is 13.8. The van der Waals surface area contributed by atoms with Crippen molar-refractivity contribution in [1.29, 1.82) is 0 Å². The molecule has 0 aliphatic heterocycles. The van der Waals surface area contributed by atoms with Crippen molar-refractivity contribution in [3.05, 3.63) is 82.0 Å². The third-order valence-electron chi connectivity index (χ3n) is 6.71. The maximum Gasteiger partial charge on any atom is 0.433 e. The summed E-state index contributed by atoms with van der Waals surface area (Å²) in [5.41, 5.74) is 6.64. The number of fused-ring (bicyclic) bond motifs is 1. The van der Waals surface area contributed by atoms with Gasteiger partial charge in [-0.15, -0.1) is 11.3 Å². The second kappa shape index (κ2) is 11.3. The molecule has 0 bridgehead atoms. The lowest BCUT2D eigenvalue weighted by molar-refractivity contribution is -0.140. The molecule has 0 fully saturated rings. The van der Waals surface area contributed by atoms with E-state index < -0.39 is 23.7 Å². The lowest BCUT2D eigenvalue weighted by Crippen LogP contribution is -2.16. The maximum absolute atomic E-state index is 13.8. The van der Waals surface area contributed by atoms with E-state index in [4.69, 9.17) is 14.9 Å². The Bertz CT molecular complexity index is 1790. The van der Waals surface area contributed by atoms with E-state index in [0.717, 1.165) is 18.1 Å². The molecule has 42 heavy (non-hydrogen) atoms. The third-order valence-corrected chi connectivity index (χ3v) is 7.80. The fourth-order valence-electron chi connectivity index (χ4n) is 4.51. The van der Waals surface area contributed by atoms with E-state index in [9.17, 15) is 22.8 Å². The van der Waals surface area contributed by atoms with Gasteiger partial charge in [0.05, 0.1) is 11.9 Å². The number of primary amides is 1. The number of thiophene rings is 1. The summed E-state index contributed by atoms with van der Waals surface area (Å²) in [6.45, 7) is 6.16. The molecule has 0 spiro atoms. The maximum atomic E-state index is 13.8. The number of rotatable bonds is 9. The third kappa shape index (κ3) is 5.59. The highest BCUT2D eigenvalue weighted by molar-refractivity contribution is 7.21. The summed E-state index contributed by atoms with van der Waals surface area (Å²) in [5.74, 6) is -0.768. The molecule has 3 N–H and O–H groups in total. The van der Waals surface area contributed by atoms with Gasteiger partial charge >= 0.3 is 6.18 Å². The number of anilines is 1. The summed E-state index contributed by atoms with van der Waals surface area (Å²) in [6, 6.07) is 11.5. The van der Waals surface area contributed by atoms with E-state index in [-0.39, 0.29) is 38.7 Å². The Balaban J connectivity index is 1.51. The van der Waals surface area contributed by atoms with E-state index in [1.54, 1.807) is 17.7 Å². The highest BCUT2D eigenvalue weighted by Gasteiger charge is 2.35. The number of amides is 2. The second-order valence-corrected chi connectivity index (χ2v) is 10.4. The first-order valence-electron chi connectivity index (χ1n) is 13.0. The number of hydrogen-bond acceptors (Lipinski definition) is 7. The quantitative estimate of drug-likeness (QED) is 0.197. The molecule has 0 atom stereocenters. The van der Waals surface area contributed by atoms with Crippen LogP contribution >= 0.6 is 11.3 Å². The minimum absolute atomic E-state index is 0.0572. The number of furan rings is 1. The van der Waals surface area contributed by atoms with Crippen molar-refractivity contribution >= 4 is 39.1 Å². The predicted octanol–water partition coefficient (Wildman–Crippen LogP) is 6.59. The summed E-state index contributed by atoms with van der Waals surface area (Å²) in [4.78, 5) is 29.2. The molecule has 0 aliphatic carbocycles. The lowest BCUT2D eigenvalue weighted by atomic mass is 10.0. The number of hydrogen-bond donors (Lipinski definition) is 2. The fraction of sp³-hybridized carbons (Fsp3) is 0.241. The summed E-state index contributed by atoms with van der Waals surface area (Å²) >= 11 is 0.662. The van der Waals surface area contributed by atoms with Gasteiger partial charge in [-0.1, -0.05) is 19.1 Å². The van der Waals surface area contributed by atoms with Crippen LogP contribution in [0.2, 0.25) is 0 Å². The molecule has 4 aromatic heterocycles. The average Bonchev–Trinajstić information content (AvgIpc) is 3.68. The molecule has 1 aromatic carbocycles. The topological polar surface area (TPSA) is 125 Å². The zero-order chi connectivity index (χ0) is 30.2. The molecular weight excluding hydrogens is 571 g/mol. The Morgan fingerprint density at radius 1 is 1.12 bits per heavy atom. The Labute approximate surface area is 242 Å². The molecule has 4 heterocycles. The zero-order valence-corrected chi connectivity index (χ0v) is 23.7. The standard InChI is InChI=1S/C29H26F3N5O4S/c1-4-16-6-8-17(9-7-16)40-14-18-10-11-21(41-18)27(39)36-24-23-19(20-13-34-37(5-2)15(20)3)12-22(29(30,31)32)35-28(23)42-25(24)26(33)38/h6-13H,4-5,14H2,1-3H3,(H2,33,38)(H,36,39). The Morgan fingerprint density at radius 3 is 2.48 bits per heavy atom. The summed E-state index contributed by atoms with van der Waals surface area (Å²) in [5, 5.41) is 7.02. The molecule has 13 heteroatoms. The number of benzene rings is 1. The van der Waals surface area contributed by atoms with Crippen molar-refractivity contribution in [2.45, 2.75) is 46.5 Å². The minimum atomic E-state index is -4.76. The Hall–Kier alpha value is -4.65. The summed E-state index contributed by atoms with van der Waals surface area (Å²) in [7, 11) is 0. The number of nitrogens with two attached hydrogens (primary N) is 1. The monoisotopic (exact) mass is 597 g/mol. The number of nitrogens with one attached hydrogen (secondary N) is 1. The van der Waals surface area contributed by atoms with Gasteiger partial charge < -0.3 is 20.2 Å². The highest BCUT2D eigenvalue weighted by atomic mass is 32.1. The van der Waals surface area contributed by atoms with Crippen molar-refractivity contribution in [2.24, 2.45) is 5.73 Å². The van der Waals surface area contributed by atoms with E-state index in [2.05, 4.69) is 22.3 Å². The number of carbonyl (C=O) groups excluding carboxylic acids is 2. The van der Waals surface area contributed by atoms with Crippen LogP contribution in [-0.4, -0.2) is 26.6 Å². The number of carbonyl (C=O) groups is 2. The number of halogens is 3. The molecule has 0 aliphatic rings. The van der Waals surface area contributed by atoms with Gasteiger partial charge in [-0.2, -0.15) is 18.3 Å². The minimum Gasteiger partial charge on any atom is -0.486 e. The molecule has 0 unspecified atom stereocenters. The van der Waals surface area contributed by atoms with Crippen LogP contribution in [0.25, 0.3) is 21.3 Å². The number of nitrogens with zero attached hydrogens (tertiary/aromatic N) is 3. The first-order chi connectivity index (χ1) is 20.0. The number of ether oxygens (including phenoxy) is 1. The van der Waals surface area contributed by atoms with Crippen LogP contribution in [0.15, 0.2) is 53.1 Å². The van der Waals surface area contributed by atoms with Crippen LogP contribution in [0.5, 0.6) is 5.75 Å². The van der Waals surface area contributed by atoms with E-state index >= 15 is 0 Å². The molecule has 0 saturated heterocycles. The zero-order valence-electron chi connectivity index (χ0n) is 22.8. The number of pyridine rings is 1. The van der Waals surface area contributed by atoms with Crippen molar-refractivity contribution < 1.29 is 31.9 Å². The lowest BCUT2D eigenvalue weighted by Gasteiger charge is -2.12. The van der Waals surface area contributed by atoms with Gasteiger partial charge in [-0.3, -0.25) is 14.3 Å². The van der Waals surface area contributed by atoms with Gasteiger partial charge in [0.25, 0.3) is 11.8 Å². The molecule has 5 rings (SSSR count). The van der Waals surface area contributed by atoms with Crippen molar-refractivity contribution in [3.63, 3.8) is 0 Å². The van der Waals surface area contributed by atoms with Crippen LogP contribution in [0.4, 0.5) is 18.9 Å². The van der Waals surface area contributed by atoms with Crippen LogP contribution in [0, 0.1) is 6.92 Å². The van der Waals surface area contributed by atoms with E-state index in [0.29, 0.717) is 40.6 Å². The summed E-state index contributed by atoms with van der Waals surface area (Å²) in [6.07, 6.45) is -2.42. The SMILES string of the molecule is CCc1ccc(OCc2ccc(C(=O)Nc3c(C(N)=O)sc4nc(C(F)(F)F)cc(-c5cnn(CC)c5C)c34)o2)cc1. The van der Waals surface area contributed by atoms with E-state index in [1.807, 2.05) is 31.2 Å². The van der Waals surface area contributed by atoms with Gasteiger partial charge in [-0.25, -0.2) is 4.98 Å². The van der Waals surface area contributed by atoms with Gasteiger partial charge in [0.15, 0.2) is 5.76 Å². The number of aromatic nitrogens is 3. The van der Waals surface area contributed by atoms with Crippen LogP contribution in [-0.2, 0) is 25.7 Å². The molecule has 218 valence electrons. The second-order valence-electron chi connectivity index (χ2n) is 9.37. The van der Waals surface area contributed by atoms with Crippen molar-refractivity contribution in [1.82, 2.24) is 14.8 Å². The van der Waals surface area contributed by atoms with Gasteiger partial charge in [0.1, 0.15) is 33.5 Å². The summed E-state index contributed by atoms with van der Waals surface area (Å²) < 4.78 is 54.5. The largest absolute Gasteiger partial charge is 0.486 e. The molecule has 5 aromatic rings. The fourth-order valence-corrected chi connectivity index (χ4v) is 5.51.